The molecule has 0 spiro atoms. The zero-order valence-electron chi connectivity index (χ0n) is 14.2. The number of amides is 1. The van der Waals surface area contributed by atoms with Crippen molar-refractivity contribution in [3.8, 4) is 0 Å². The molecule has 1 aliphatic rings. The van der Waals surface area contributed by atoms with Gasteiger partial charge in [0.25, 0.3) is 0 Å². The second-order valence-corrected chi connectivity index (χ2v) is 7.55. The highest BCUT2D eigenvalue weighted by atomic mass is 35.5. The summed E-state index contributed by atoms with van der Waals surface area (Å²) in [5.74, 6) is 1.77. The van der Waals surface area contributed by atoms with E-state index in [-0.39, 0.29) is 5.91 Å². The minimum atomic E-state index is 0.0314. The molecule has 0 atom stereocenters. The molecule has 1 aliphatic heterocycles. The number of nitrogens with zero attached hydrogens (tertiary/aromatic N) is 4. The van der Waals surface area contributed by atoms with Crippen molar-refractivity contribution < 1.29 is 4.79 Å². The number of benzene rings is 2. The molecule has 0 saturated carbocycles. The summed E-state index contributed by atoms with van der Waals surface area (Å²) < 4.78 is 0. The first kappa shape index (κ1) is 17.1. The molecule has 0 N–H and O–H groups in total. The number of rotatable bonds is 3. The molecule has 0 fully saturated rings. The molecule has 3 aromatic rings. The van der Waals surface area contributed by atoms with Crippen molar-refractivity contribution in [3.63, 3.8) is 0 Å². The summed E-state index contributed by atoms with van der Waals surface area (Å²) in [5, 5.41) is 0.691. The Hall–Kier alpha value is -2.31. The normalized spacial score (nSPS) is 13.8. The van der Waals surface area contributed by atoms with Crippen LogP contribution in [0.25, 0.3) is 11.0 Å². The number of halogens is 1. The maximum absolute atomic E-state index is 12.8. The zero-order valence-corrected chi connectivity index (χ0v) is 15.8. The topological polar surface area (TPSA) is 49.3 Å². The summed E-state index contributed by atoms with van der Waals surface area (Å²) in [6.45, 7) is 1.34. The molecule has 7 heteroatoms. The molecule has 26 heavy (non-hydrogen) atoms. The summed E-state index contributed by atoms with van der Waals surface area (Å²) in [6, 6.07) is 15.2. The molecule has 0 bridgehead atoms. The van der Waals surface area contributed by atoms with Gasteiger partial charge in [-0.15, -0.1) is 11.8 Å². The van der Waals surface area contributed by atoms with Gasteiger partial charge in [-0.2, -0.15) is 0 Å². The third-order valence-corrected chi connectivity index (χ3v) is 5.54. The molecule has 0 radical (unpaired) electrons. The number of anilines is 2. The molecule has 132 valence electrons. The van der Waals surface area contributed by atoms with Crippen molar-refractivity contribution >= 4 is 51.9 Å². The number of thioether (sulfide) groups is 1. The van der Waals surface area contributed by atoms with E-state index in [0.29, 0.717) is 23.1 Å². The first-order valence-electron chi connectivity index (χ1n) is 8.28. The number of aromatic nitrogens is 2. The molecule has 1 aromatic heterocycles. The van der Waals surface area contributed by atoms with Gasteiger partial charge in [-0.05, 0) is 36.4 Å². The molecule has 0 saturated heterocycles. The van der Waals surface area contributed by atoms with Crippen LogP contribution in [0.1, 0.15) is 0 Å². The van der Waals surface area contributed by atoms with Gasteiger partial charge < -0.3 is 4.90 Å². The van der Waals surface area contributed by atoms with Crippen LogP contribution in [0.2, 0.25) is 5.02 Å². The molecule has 1 amide bonds. The Morgan fingerprint density at radius 1 is 1.04 bits per heavy atom. The number of fused-ring (bicyclic) bond motifs is 2. The Labute approximate surface area is 161 Å². The van der Waals surface area contributed by atoms with Crippen LogP contribution < -0.4 is 9.80 Å². The molecule has 5 nitrogen and oxygen atoms in total. The number of likely N-dealkylation sites (N-methyl/N-ethyl adjacent to an activating group) is 1. The van der Waals surface area contributed by atoms with E-state index in [2.05, 4.69) is 0 Å². The minimum Gasteiger partial charge on any atom is -0.355 e. The van der Waals surface area contributed by atoms with Gasteiger partial charge >= 0.3 is 0 Å². The Kier molecular flexibility index (Phi) is 4.70. The summed E-state index contributed by atoms with van der Waals surface area (Å²) in [6.07, 6.45) is 0. The van der Waals surface area contributed by atoms with Crippen LogP contribution in [0.4, 0.5) is 11.6 Å². The van der Waals surface area contributed by atoms with Crippen molar-refractivity contribution in [2.45, 2.75) is 4.90 Å². The van der Waals surface area contributed by atoms with Crippen molar-refractivity contribution in [1.82, 2.24) is 9.97 Å². The Morgan fingerprint density at radius 2 is 1.69 bits per heavy atom. The SMILES string of the molecule is CN1CCN(C(=O)CSc2ccc(Cl)cc2)c2nc3ccccc3nc21. The van der Waals surface area contributed by atoms with Crippen molar-refractivity contribution in [2.24, 2.45) is 0 Å². The quantitative estimate of drug-likeness (QED) is 0.642. The Morgan fingerprint density at radius 3 is 2.38 bits per heavy atom. The first-order chi connectivity index (χ1) is 12.6. The second-order valence-electron chi connectivity index (χ2n) is 6.07. The lowest BCUT2D eigenvalue weighted by Crippen LogP contribution is -2.44. The fourth-order valence-electron chi connectivity index (χ4n) is 2.88. The van der Waals surface area contributed by atoms with E-state index in [1.54, 1.807) is 4.90 Å². The lowest BCUT2D eigenvalue weighted by atomic mass is 10.2. The number of carbonyl (C=O) groups is 1. The Bertz CT molecular complexity index is 963. The number of hydrogen-bond acceptors (Lipinski definition) is 5. The van der Waals surface area contributed by atoms with Gasteiger partial charge in [0.1, 0.15) is 0 Å². The maximum atomic E-state index is 12.8. The summed E-state index contributed by atoms with van der Waals surface area (Å²) in [4.78, 5) is 27.1. The first-order valence-corrected chi connectivity index (χ1v) is 9.65. The molecular weight excluding hydrogens is 368 g/mol. The minimum absolute atomic E-state index is 0.0314. The average Bonchev–Trinajstić information content (AvgIpc) is 2.66. The van der Waals surface area contributed by atoms with Crippen LogP contribution in [-0.2, 0) is 4.79 Å². The van der Waals surface area contributed by atoms with Gasteiger partial charge in [0, 0.05) is 30.1 Å². The average molecular weight is 385 g/mol. The number of hydrogen-bond donors (Lipinski definition) is 0. The maximum Gasteiger partial charge on any atom is 0.238 e. The van der Waals surface area contributed by atoms with Gasteiger partial charge in [-0.3, -0.25) is 9.69 Å². The van der Waals surface area contributed by atoms with Gasteiger partial charge in [0.2, 0.25) is 5.91 Å². The molecule has 2 heterocycles. The van der Waals surface area contributed by atoms with Crippen molar-refractivity contribution in [3.05, 3.63) is 53.6 Å². The van der Waals surface area contributed by atoms with E-state index >= 15 is 0 Å². The fraction of sp³-hybridized carbons (Fsp3) is 0.211. The van der Waals surface area contributed by atoms with Crippen LogP contribution in [0.15, 0.2) is 53.4 Å². The van der Waals surface area contributed by atoms with E-state index < -0.39 is 0 Å². The van der Waals surface area contributed by atoms with Gasteiger partial charge in [0.05, 0.1) is 16.8 Å². The fourth-order valence-corrected chi connectivity index (χ4v) is 3.78. The molecule has 4 rings (SSSR count). The van der Waals surface area contributed by atoms with E-state index in [1.807, 2.05) is 60.5 Å². The van der Waals surface area contributed by atoms with Crippen LogP contribution in [0.3, 0.4) is 0 Å². The number of para-hydroxylation sites is 2. The Balaban J connectivity index is 1.59. The van der Waals surface area contributed by atoms with Crippen LogP contribution in [0, 0.1) is 0 Å². The van der Waals surface area contributed by atoms with Crippen molar-refractivity contribution in [1.29, 1.82) is 0 Å². The van der Waals surface area contributed by atoms with Gasteiger partial charge in [0.15, 0.2) is 11.6 Å². The predicted molar refractivity (Wildman–Crippen MR) is 107 cm³/mol. The predicted octanol–water partition coefficient (Wildman–Crippen LogP) is 3.86. The van der Waals surface area contributed by atoms with E-state index in [9.17, 15) is 4.79 Å². The third-order valence-electron chi connectivity index (χ3n) is 4.29. The van der Waals surface area contributed by atoms with E-state index in [0.717, 1.165) is 28.3 Å². The van der Waals surface area contributed by atoms with Crippen LogP contribution >= 0.6 is 23.4 Å². The summed E-state index contributed by atoms with van der Waals surface area (Å²) in [7, 11) is 1.98. The largest absolute Gasteiger partial charge is 0.355 e. The van der Waals surface area contributed by atoms with Gasteiger partial charge in [-0.1, -0.05) is 23.7 Å². The van der Waals surface area contributed by atoms with Crippen molar-refractivity contribution in [2.75, 3.05) is 35.7 Å². The standard InChI is InChI=1S/C19H17ClN4OS/c1-23-10-11-24(17(25)12-26-14-8-6-13(20)7-9-14)19-18(23)21-15-4-2-3-5-16(15)22-19/h2-9H,10-12H2,1H3. The molecule has 2 aromatic carbocycles. The molecule has 0 unspecified atom stereocenters. The van der Waals surface area contributed by atoms with E-state index in [1.165, 1.54) is 11.8 Å². The summed E-state index contributed by atoms with van der Waals surface area (Å²) >= 11 is 7.41. The molecule has 0 aliphatic carbocycles. The highest BCUT2D eigenvalue weighted by Crippen LogP contribution is 2.31. The zero-order chi connectivity index (χ0) is 18.1. The summed E-state index contributed by atoms with van der Waals surface area (Å²) in [5.41, 5.74) is 1.63. The highest BCUT2D eigenvalue weighted by Gasteiger charge is 2.28. The highest BCUT2D eigenvalue weighted by molar-refractivity contribution is 8.00. The van der Waals surface area contributed by atoms with Gasteiger partial charge in [-0.25, -0.2) is 9.97 Å². The number of carbonyl (C=O) groups excluding carboxylic acids is 1. The monoisotopic (exact) mass is 384 g/mol. The lowest BCUT2D eigenvalue weighted by molar-refractivity contribution is -0.116. The third kappa shape index (κ3) is 3.34. The van der Waals surface area contributed by atoms with Crippen LogP contribution in [-0.4, -0.2) is 41.8 Å². The van der Waals surface area contributed by atoms with E-state index in [4.69, 9.17) is 21.6 Å². The smallest absolute Gasteiger partial charge is 0.238 e. The molecular formula is C19H17ClN4OS. The lowest BCUT2D eigenvalue weighted by Gasteiger charge is -2.33. The van der Waals surface area contributed by atoms with Crippen LogP contribution in [0.5, 0.6) is 0 Å². The second kappa shape index (κ2) is 7.13.